The number of halogens is 1. The molecule has 8 heteroatoms. The van der Waals surface area contributed by atoms with Gasteiger partial charge < -0.3 is 9.88 Å². The van der Waals surface area contributed by atoms with Crippen LogP contribution in [0.25, 0.3) is 11.2 Å². The number of anilines is 1. The van der Waals surface area contributed by atoms with E-state index >= 15 is 0 Å². The Morgan fingerprint density at radius 2 is 2.00 bits per heavy atom. The van der Waals surface area contributed by atoms with Crippen LogP contribution in [0.15, 0.2) is 27.8 Å². The molecule has 0 spiro atoms. The lowest BCUT2D eigenvalue weighted by Crippen LogP contribution is -2.31. The summed E-state index contributed by atoms with van der Waals surface area (Å²) in [6.07, 6.45) is 1.75. The number of benzene rings is 1. The Morgan fingerprint density at radius 1 is 1.22 bits per heavy atom. The highest BCUT2D eigenvalue weighted by Crippen LogP contribution is 2.18. The predicted octanol–water partition coefficient (Wildman–Crippen LogP) is 2.77. The summed E-state index contributed by atoms with van der Waals surface area (Å²) < 4.78 is 16.6. The maximum Gasteiger partial charge on any atom is 0.330 e. The van der Waals surface area contributed by atoms with E-state index in [9.17, 15) is 14.0 Å². The summed E-state index contributed by atoms with van der Waals surface area (Å²) in [5, 5.41) is 3.24. The molecule has 1 aromatic carbocycles. The number of unbranched alkanes of at least 4 members (excludes halogenated alkanes) is 1. The summed E-state index contributed by atoms with van der Waals surface area (Å²) in [5.74, 6) is 0.364. The van der Waals surface area contributed by atoms with Gasteiger partial charge in [-0.15, -0.1) is 0 Å². The first-order valence-corrected chi connectivity index (χ1v) is 9.18. The molecule has 27 heavy (non-hydrogen) atoms. The van der Waals surface area contributed by atoms with E-state index in [2.05, 4.69) is 15.3 Å². The van der Waals surface area contributed by atoms with E-state index in [1.807, 2.05) is 25.3 Å². The lowest BCUT2D eigenvalue weighted by atomic mass is 10.2. The van der Waals surface area contributed by atoms with Crippen LogP contribution in [-0.4, -0.2) is 19.1 Å². The largest absolute Gasteiger partial charge is 0.378 e. The van der Waals surface area contributed by atoms with Crippen molar-refractivity contribution in [1.82, 2.24) is 19.1 Å². The zero-order chi connectivity index (χ0) is 19.6. The quantitative estimate of drug-likeness (QED) is 0.667. The van der Waals surface area contributed by atoms with Crippen molar-refractivity contribution in [3.05, 3.63) is 56.2 Å². The van der Waals surface area contributed by atoms with E-state index in [-0.39, 0.29) is 5.82 Å². The molecule has 0 radical (unpaired) electrons. The van der Waals surface area contributed by atoms with Crippen LogP contribution >= 0.6 is 0 Å². The molecule has 0 amide bonds. The molecule has 3 rings (SSSR count). The SMILES string of the molecule is CCCCn1c(=O)[nH]c(=O)c2c1nc(CNc1ccc(F)cc1C)n2CC. The highest BCUT2D eigenvalue weighted by molar-refractivity contribution is 5.71. The van der Waals surface area contributed by atoms with Crippen molar-refractivity contribution < 1.29 is 4.39 Å². The summed E-state index contributed by atoms with van der Waals surface area (Å²) >= 11 is 0. The molecule has 0 aliphatic rings. The molecule has 0 atom stereocenters. The lowest BCUT2D eigenvalue weighted by molar-refractivity contribution is 0.613. The number of fused-ring (bicyclic) bond motifs is 1. The van der Waals surface area contributed by atoms with Gasteiger partial charge in [0, 0.05) is 18.8 Å². The van der Waals surface area contributed by atoms with E-state index in [0.29, 0.717) is 36.6 Å². The van der Waals surface area contributed by atoms with Crippen LogP contribution < -0.4 is 16.6 Å². The normalized spacial score (nSPS) is 11.3. The first kappa shape index (κ1) is 18.9. The minimum absolute atomic E-state index is 0.287. The van der Waals surface area contributed by atoms with E-state index in [1.54, 1.807) is 6.07 Å². The number of aromatic amines is 1. The van der Waals surface area contributed by atoms with E-state index in [4.69, 9.17) is 0 Å². The summed E-state index contributed by atoms with van der Waals surface area (Å²) in [4.78, 5) is 31.6. The van der Waals surface area contributed by atoms with E-state index in [1.165, 1.54) is 16.7 Å². The van der Waals surface area contributed by atoms with E-state index in [0.717, 1.165) is 24.1 Å². The van der Waals surface area contributed by atoms with Crippen molar-refractivity contribution in [2.45, 2.75) is 53.2 Å². The van der Waals surface area contributed by atoms with Crippen molar-refractivity contribution in [2.24, 2.45) is 0 Å². The van der Waals surface area contributed by atoms with E-state index < -0.39 is 11.2 Å². The third-order valence-corrected chi connectivity index (χ3v) is 4.64. The fraction of sp³-hybridized carbons (Fsp3) is 0.421. The fourth-order valence-electron chi connectivity index (χ4n) is 3.22. The van der Waals surface area contributed by atoms with Crippen LogP contribution in [0.2, 0.25) is 0 Å². The molecule has 2 heterocycles. The minimum Gasteiger partial charge on any atom is -0.378 e. The highest BCUT2D eigenvalue weighted by atomic mass is 19.1. The molecule has 7 nitrogen and oxygen atoms in total. The van der Waals surface area contributed by atoms with Gasteiger partial charge in [0.15, 0.2) is 11.2 Å². The highest BCUT2D eigenvalue weighted by Gasteiger charge is 2.17. The third-order valence-electron chi connectivity index (χ3n) is 4.64. The Hall–Kier alpha value is -2.90. The van der Waals surface area contributed by atoms with Gasteiger partial charge in [-0.3, -0.25) is 14.3 Å². The summed E-state index contributed by atoms with van der Waals surface area (Å²) in [6.45, 7) is 7.20. The molecule has 3 aromatic rings. The average molecular weight is 373 g/mol. The number of imidazole rings is 1. The molecule has 144 valence electrons. The van der Waals surface area contributed by atoms with Crippen LogP contribution in [-0.2, 0) is 19.6 Å². The fourth-order valence-corrected chi connectivity index (χ4v) is 3.22. The molecular formula is C19H24FN5O2. The number of aromatic nitrogens is 4. The summed E-state index contributed by atoms with van der Waals surface area (Å²) in [7, 11) is 0. The van der Waals surface area contributed by atoms with Crippen LogP contribution in [0, 0.1) is 12.7 Å². The third kappa shape index (κ3) is 3.65. The zero-order valence-corrected chi connectivity index (χ0v) is 15.8. The molecule has 0 aliphatic heterocycles. The number of nitrogens with zero attached hydrogens (tertiary/aromatic N) is 3. The smallest absolute Gasteiger partial charge is 0.330 e. The molecule has 0 aliphatic carbocycles. The average Bonchev–Trinajstić information content (AvgIpc) is 2.99. The zero-order valence-electron chi connectivity index (χ0n) is 15.8. The second-order valence-electron chi connectivity index (χ2n) is 6.52. The molecule has 2 aromatic heterocycles. The second kappa shape index (κ2) is 7.77. The van der Waals surface area contributed by atoms with Gasteiger partial charge in [-0.1, -0.05) is 13.3 Å². The first-order chi connectivity index (χ1) is 13.0. The van der Waals surface area contributed by atoms with Gasteiger partial charge in [0.2, 0.25) is 0 Å². The van der Waals surface area contributed by atoms with Crippen molar-refractivity contribution in [3.63, 3.8) is 0 Å². The Labute approximate surface area is 155 Å². The monoisotopic (exact) mass is 373 g/mol. The van der Waals surface area contributed by atoms with Crippen molar-refractivity contribution >= 4 is 16.9 Å². The van der Waals surface area contributed by atoms with Gasteiger partial charge in [-0.2, -0.15) is 0 Å². The van der Waals surface area contributed by atoms with Gasteiger partial charge in [0.1, 0.15) is 11.6 Å². The Kier molecular flexibility index (Phi) is 5.43. The lowest BCUT2D eigenvalue weighted by Gasteiger charge is -2.10. The van der Waals surface area contributed by atoms with Crippen LogP contribution in [0.3, 0.4) is 0 Å². The van der Waals surface area contributed by atoms with Gasteiger partial charge in [0.25, 0.3) is 5.56 Å². The maximum absolute atomic E-state index is 13.3. The van der Waals surface area contributed by atoms with Crippen molar-refractivity contribution in [1.29, 1.82) is 0 Å². The van der Waals surface area contributed by atoms with Crippen LogP contribution in [0.4, 0.5) is 10.1 Å². The topological polar surface area (TPSA) is 84.7 Å². The molecule has 0 saturated carbocycles. The summed E-state index contributed by atoms with van der Waals surface area (Å²) in [5.41, 5.74) is 1.53. The number of aryl methyl sites for hydroxylation is 3. The van der Waals surface area contributed by atoms with Gasteiger partial charge in [0.05, 0.1) is 6.54 Å². The molecule has 0 bridgehead atoms. The van der Waals surface area contributed by atoms with Crippen LogP contribution in [0.1, 0.15) is 38.1 Å². The van der Waals surface area contributed by atoms with Crippen LogP contribution in [0.5, 0.6) is 0 Å². The number of rotatable bonds is 7. The Morgan fingerprint density at radius 3 is 2.67 bits per heavy atom. The van der Waals surface area contributed by atoms with Gasteiger partial charge in [-0.25, -0.2) is 14.2 Å². The van der Waals surface area contributed by atoms with Gasteiger partial charge >= 0.3 is 5.69 Å². The number of H-pyrrole nitrogens is 1. The van der Waals surface area contributed by atoms with Crippen molar-refractivity contribution in [2.75, 3.05) is 5.32 Å². The standard InChI is InChI=1S/C19H24FN5O2/c1-4-6-9-25-17-16(18(26)23-19(25)27)24(5-2)15(22-17)11-21-14-8-7-13(20)10-12(14)3/h7-8,10,21H,4-6,9,11H2,1-3H3,(H,23,26,27). The summed E-state index contributed by atoms with van der Waals surface area (Å²) in [6, 6.07) is 4.52. The number of hydrogen-bond donors (Lipinski definition) is 2. The number of hydrogen-bond acceptors (Lipinski definition) is 4. The maximum atomic E-state index is 13.3. The predicted molar refractivity (Wildman–Crippen MR) is 104 cm³/mol. The molecule has 2 N–H and O–H groups in total. The Balaban J connectivity index is 2.03. The second-order valence-corrected chi connectivity index (χ2v) is 6.52. The Bertz CT molecular complexity index is 1080. The van der Waals surface area contributed by atoms with Crippen molar-refractivity contribution in [3.8, 4) is 0 Å². The molecule has 0 saturated heterocycles. The molecule has 0 fully saturated rings. The first-order valence-electron chi connectivity index (χ1n) is 9.18. The minimum atomic E-state index is -0.435. The molecule has 0 unspecified atom stereocenters. The number of nitrogens with one attached hydrogen (secondary N) is 2. The molecular weight excluding hydrogens is 349 g/mol. The van der Waals surface area contributed by atoms with Gasteiger partial charge in [-0.05, 0) is 44.0 Å².